The number of thiophene rings is 1. The van der Waals surface area contributed by atoms with E-state index in [9.17, 15) is 9.90 Å². The van der Waals surface area contributed by atoms with Gasteiger partial charge in [-0.3, -0.25) is 4.79 Å². The van der Waals surface area contributed by atoms with E-state index in [2.05, 4.69) is 5.32 Å². The van der Waals surface area contributed by atoms with E-state index in [4.69, 9.17) is 11.6 Å². The van der Waals surface area contributed by atoms with Crippen LogP contribution in [0.5, 0.6) is 0 Å². The first-order chi connectivity index (χ1) is 8.57. The largest absolute Gasteiger partial charge is 0.389 e. The second-order valence-electron chi connectivity index (χ2n) is 4.91. The molecule has 0 radical (unpaired) electrons. The average molecular weight is 288 g/mol. The molecule has 1 aromatic heterocycles. The number of halogens is 1. The van der Waals surface area contributed by atoms with Crippen LogP contribution in [0.3, 0.4) is 0 Å². The number of rotatable bonds is 5. The Morgan fingerprint density at radius 3 is 2.78 bits per heavy atom. The van der Waals surface area contributed by atoms with E-state index in [1.807, 2.05) is 12.1 Å². The highest BCUT2D eigenvalue weighted by Gasteiger charge is 2.33. The Kier molecular flexibility index (Phi) is 4.65. The molecule has 1 aliphatic rings. The third kappa shape index (κ3) is 3.97. The third-order valence-corrected chi connectivity index (χ3v) is 4.64. The van der Waals surface area contributed by atoms with Crippen molar-refractivity contribution in [1.82, 2.24) is 5.32 Å². The van der Waals surface area contributed by atoms with E-state index in [1.165, 1.54) is 16.2 Å². The van der Waals surface area contributed by atoms with Gasteiger partial charge in [-0.2, -0.15) is 0 Å². The predicted molar refractivity (Wildman–Crippen MR) is 74.1 cm³/mol. The van der Waals surface area contributed by atoms with Crippen molar-refractivity contribution in [3.63, 3.8) is 0 Å². The predicted octanol–water partition coefficient (Wildman–Crippen LogP) is 2.76. The van der Waals surface area contributed by atoms with Gasteiger partial charge in [0, 0.05) is 11.4 Å². The van der Waals surface area contributed by atoms with Crippen LogP contribution < -0.4 is 5.32 Å². The van der Waals surface area contributed by atoms with Crippen molar-refractivity contribution in [2.75, 3.05) is 6.54 Å². The fourth-order valence-corrected chi connectivity index (χ4v) is 3.47. The Balaban J connectivity index is 1.68. The minimum absolute atomic E-state index is 0.0537. The molecule has 2 rings (SSSR count). The molecule has 1 heterocycles. The summed E-state index contributed by atoms with van der Waals surface area (Å²) in [5.41, 5.74) is -0.754. The number of amides is 1. The molecule has 2 N–H and O–H groups in total. The monoisotopic (exact) mass is 287 g/mol. The van der Waals surface area contributed by atoms with Gasteiger partial charge in [0.05, 0.1) is 16.4 Å². The fraction of sp³-hybridized carbons (Fsp3) is 0.615. The van der Waals surface area contributed by atoms with Gasteiger partial charge in [0.25, 0.3) is 0 Å². The van der Waals surface area contributed by atoms with Crippen molar-refractivity contribution in [2.45, 2.75) is 44.1 Å². The van der Waals surface area contributed by atoms with E-state index in [1.54, 1.807) is 0 Å². The maximum absolute atomic E-state index is 11.7. The highest BCUT2D eigenvalue weighted by Crippen LogP contribution is 2.32. The smallest absolute Gasteiger partial charge is 0.222 e. The zero-order chi connectivity index (χ0) is 13.0. The summed E-state index contributed by atoms with van der Waals surface area (Å²) in [6.07, 6.45) is 4.58. The Hall–Kier alpha value is -0.580. The molecule has 0 aromatic carbocycles. The number of aliphatic hydroxyl groups is 1. The van der Waals surface area contributed by atoms with Crippen molar-refractivity contribution >= 4 is 28.8 Å². The lowest BCUT2D eigenvalue weighted by molar-refractivity contribution is -0.125. The molecule has 18 heavy (non-hydrogen) atoms. The molecule has 0 bridgehead atoms. The van der Waals surface area contributed by atoms with Crippen LogP contribution in [0.15, 0.2) is 12.1 Å². The second-order valence-corrected chi connectivity index (χ2v) is 6.71. The Morgan fingerprint density at radius 2 is 2.17 bits per heavy atom. The highest BCUT2D eigenvalue weighted by molar-refractivity contribution is 7.16. The minimum atomic E-state index is -0.754. The summed E-state index contributed by atoms with van der Waals surface area (Å²) in [7, 11) is 0. The van der Waals surface area contributed by atoms with Crippen molar-refractivity contribution in [3.05, 3.63) is 21.3 Å². The topological polar surface area (TPSA) is 49.3 Å². The summed E-state index contributed by atoms with van der Waals surface area (Å²) < 4.78 is 0.775. The van der Waals surface area contributed by atoms with Crippen LogP contribution in [0, 0.1) is 0 Å². The van der Waals surface area contributed by atoms with Crippen molar-refractivity contribution in [3.8, 4) is 0 Å². The molecule has 0 saturated heterocycles. The van der Waals surface area contributed by atoms with Gasteiger partial charge in [0.1, 0.15) is 0 Å². The van der Waals surface area contributed by atoms with Crippen LogP contribution in [-0.2, 0) is 11.2 Å². The Labute approximate surface area is 116 Å². The Bertz CT molecular complexity index is 413. The van der Waals surface area contributed by atoms with Gasteiger partial charge in [0.15, 0.2) is 0 Å². The molecule has 0 spiro atoms. The summed E-state index contributed by atoms with van der Waals surface area (Å²) in [5.74, 6) is -0.0537. The number of hydrogen-bond donors (Lipinski definition) is 2. The molecule has 0 atom stereocenters. The zero-order valence-corrected chi connectivity index (χ0v) is 11.8. The van der Waals surface area contributed by atoms with Crippen LogP contribution in [0.4, 0.5) is 0 Å². The number of nitrogens with one attached hydrogen (secondary N) is 1. The average Bonchev–Trinajstić information content (AvgIpc) is 2.88. The first-order valence-electron chi connectivity index (χ1n) is 6.31. The van der Waals surface area contributed by atoms with Crippen LogP contribution in [-0.4, -0.2) is 23.2 Å². The van der Waals surface area contributed by atoms with Crippen molar-refractivity contribution in [1.29, 1.82) is 0 Å². The summed E-state index contributed by atoms with van der Waals surface area (Å²) in [4.78, 5) is 12.9. The molecule has 1 aromatic rings. The lowest BCUT2D eigenvalue weighted by Gasteiger charge is -2.20. The maximum atomic E-state index is 11.7. The van der Waals surface area contributed by atoms with Gasteiger partial charge in [-0.25, -0.2) is 0 Å². The molecule has 100 valence electrons. The van der Waals surface area contributed by atoms with Gasteiger partial charge in [-0.05, 0) is 31.4 Å². The summed E-state index contributed by atoms with van der Waals surface area (Å²) >= 11 is 7.37. The van der Waals surface area contributed by atoms with Gasteiger partial charge in [-0.15, -0.1) is 11.3 Å². The van der Waals surface area contributed by atoms with Gasteiger partial charge < -0.3 is 10.4 Å². The Morgan fingerprint density at radius 1 is 1.44 bits per heavy atom. The molecule has 0 aliphatic heterocycles. The van der Waals surface area contributed by atoms with E-state index < -0.39 is 5.60 Å². The van der Waals surface area contributed by atoms with Gasteiger partial charge in [0.2, 0.25) is 5.91 Å². The third-order valence-electron chi connectivity index (χ3n) is 3.35. The van der Waals surface area contributed by atoms with E-state index in [0.717, 1.165) is 36.4 Å². The first kappa shape index (κ1) is 13.8. The molecule has 0 unspecified atom stereocenters. The van der Waals surface area contributed by atoms with E-state index in [0.29, 0.717) is 6.54 Å². The van der Waals surface area contributed by atoms with Crippen LogP contribution >= 0.6 is 22.9 Å². The highest BCUT2D eigenvalue weighted by atomic mass is 35.5. The first-order valence-corrected chi connectivity index (χ1v) is 7.50. The normalized spacial score (nSPS) is 17.9. The van der Waals surface area contributed by atoms with E-state index >= 15 is 0 Å². The van der Waals surface area contributed by atoms with Gasteiger partial charge >= 0.3 is 0 Å². The van der Waals surface area contributed by atoms with Crippen molar-refractivity contribution < 1.29 is 9.90 Å². The molecule has 1 saturated carbocycles. The lowest BCUT2D eigenvalue weighted by atomic mass is 9.98. The SMILES string of the molecule is O=C(CC1(O)CCCC1)NCCc1ccc(Cl)s1. The summed E-state index contributed by atoms with van der Waals surface area (Å²) in [6.45, 7) is 0.603. The molecule has 1 amide bonds. The van der Waals surface area contributed by atoms with Crippen LogP contribution in [0.25, 0.3) is 0 Å². The maximum Gasteiger partial charge on any atom is 0.222 e. The molecular weight excluding hydrogens is 270 g/mol. The van der Waals surface area contributed by atoms with Crippen molar-refractivity contribution in [2.24, 2.45) is 0 Å². The van der Waals surface area contributed by atoms with Gasteiger partial charge in [-0.1, -0.05) is 24.4 Å². The summed E-state index contributed by atoms with van der Waals surface area (Å²) in [6, 6.07) is 3.84. The van der Waals surface area contributed by atoms with Crippen LogP contribution in [0.1, 0.15) is 37.0 Å². The second kappa shape index (κ2) is 6.04. The molecule has 5 heteroatoms. The molecule has 1 fully saturated rings. The zero-order valence-electron chi connectivity index (χ0n) is 10.2. The quantitative estimate of drug-likeness (QED) is 0.875. The van der Waals surface area contributed by atoms with Crippen LogP contribution in [0.2, 0.25) is 4.34 Å². The number of hydrogen-bond acceptors (Lipinski definition) is 3. The molecule has 1 aliphatic carbocycles. The minimum Gasteiger partial charge on any atom is -0.389 e. The number of carbonyl (C=O) groups is 1. The molecule has 3 nitrogen and oxygen atoms in total. The number of carbonyl (C=O) groups excluding carboxylic acids is 1. The standard InChI is InChI=1S/C13H18ClNO2S/c14-11-4-3-10(18-11)5-8-15-12(16)9-13(17)6-1-2-7-13/h3-4,17H,1-2,5-9H2,(H,15,16). The summed E-state index contributed by atoms with van der Waals surface area (Å²) in [5, 5.41) is 13.0. The molecular formula is C13H18ClNO2S. The lowest BCUT2D eigenvalue weighted by Crippen LogP contribution is -2.35. The fourth-order valence-electron chi connectivity index (χ4n) is 2.38. The van der Waals surface area contributed by atoms with E-state index in [-0.39, 0.29) is 12.3 Å².